The van der Waals surface area contributed by atoms with Gasteiger partial charge in [0.05, 0.1) is 31.8 Å². The van der Waals surface area contributed by atoms with Gasteiger partial charge in [-0.05, 0) is 75.4 Å². The molecule has 1 fully saturated rings. The number of piperidine rings is 1. The average Bonchev–Trinajstić information content (AvgIpc) is 3.06. The van der Waals surface area contributed by atoms with Gasteiger partial charge >= 0.3 is 6.09 Å². The predicted molar refractivity (Wildman–Crippen MR) is 194 cm³/mol. The minimum Gasteiger partial charge on any atom is -0.453 e. The average molecular weight is 718 g/mol. The van der Waals surface area contributed by atoms with Crippen LogP contribution >= 0.6 is 23.2 Å². The Morgan fingerprint density at radius 3 is 2.49 bits per heavy atom. The van der Waals surface area contributed by atoms with E-state index in [1.165, 1.54) is 13.3 Å². The summed E-state index contributed by atoms with van der Waals surface area (Å²) in [7, 11) is 3.06. The number of carbonyl (C=O) groups is 3. The molecule has 3 amide bonds. The number of aliphatic imine (C=N–C) groups is 2. The van der Waals surface area contributed by atoms with Gasteiger partial charge in [0.1, 0.15) is 0 Å². The molecule has 0 unspecified atom stereocenters. The summed E-state index contributed by atoms with van der Waals surface area (Å²) in [4.78, 5) is 52.3. The number of nitrogens with zero attached hydrogens (tertiary/aromatic N) is 5. The summed E-state index contributed by atoms with van der Waals surface area (Å²) in [5.41, 5.74) is 2.40. The van der Waals surface area contributed by atoms with Crippen LogP contribution in [0.1, 0.15) is 31.7 Å². The van der Waals surface area contributed by atoms with Gasteiger partial charge in [-0.2, -0.15) is 0 Å². The number of nitrogens with one attached hydrogen (secondary N) is 3. The Kier molecular flexibility index (Phi) is 17.2. The summed E-state index contributed by atoms with van der Waals surface area (Å²) in [5.74, 6) is 0.726. The van der Waals surface area contributed by atoms with Gasteiger partial charge in [-0.25, -0.2) is 9.78 Å². The van der Waals surface area contributed by atoms with E-state index >= 15 is 0 Å². The lowest BCUT2D eigenvalue weighted by Crippen LogP contribution is -2.37. The van der Waals surface area contributed by atoms with Gasteiger partial charge < -0.3 is 20.1 Å². The number of pyridine rings is 1. The van der Waals surface area contributed by atoms with Crippen molar-refractivity contribution in [1.82, 2.24) is 30.7 Å². The van der Waals surface area contributed by atoms with Gasteiger partial charge in [0.15, 0.2) is 5.76 Å². The number of imide groups is 1. The number of benzene rings is 1. The zero-order chi connectivity index (χ0) is 35.6. The number of alkyl carbamates (subject to hydrolysis) is 1. The van der Waals surface area contributed by atoms with Crippen molar-refractivity contribution >= 4 is 54.0 Å². The van der Waals surface area contributed by atoms with Crippen molar-refractivity contribution in [2.75, 3.05) is 66.5 Å². The molecule has 0 saturated carbocycles. The first kappa shape index (κ1) is 39.6. The Labute approximate surface area is 298 Å². The fraction of sp³-hybridized carbons (Fsp3) is 0.471. The number of hydrogen-bond donors (Lipinski definition) is 3. The first-order valence-electron chi connectivity index (χ1n) is 16.1. The minimum absolute atomic E-state index is 0.00320. The number of halogens is 2. The van der Waals surface area contributed by atoms with E-state index in [4.69, 9.17) is 32.9 Å². The molecule has 1 aliphatic heterocycles. The second-order valence-corrected chi connectivity index (χ2v) is 12.5. The number of likely N-dealkylation sites (tertiary alicyclic amines) is 1. The van der Waals surface area contributed by atoms with Crippen molar-refractivity contribution in [2.45, 2.75) is 32.7 Å². The van der Waals surface area contributed by atoms with Crippen LogP contribution < -0.4 is 20.7 Å². The van der Waals surface area contributed by atoms with Crippen LogP contribution in [-0.2, 0) is 20.9 Å². The van der Waals surface area contributed by atoms with Gasteiger partial charge in [-0.15, -0.1) is 0 Å². The third kappa shape index (κ3) is 15.0. The highest BCUT2D eigenvalue weighted by Crippen LogP contribution is 2.30. The highest BCUT2D eigenvalue weighted by atomic mass is 35.5. The third-order valence-corrected chi connectivity index (χ3v) is 8.17. The van der Waals surface area contributed by atoms with E-state index < -0.39 is 12.0 Å². The van der Waals surface area contributed by atoms with E-state index in [0.717, 1.165) is 37.1 Å². The van der Waals surface area contributed by atoms with Gasteiger partial charge in [0.2, 0.25) is 17.7 Å². The van der Waals surface area contributed by atoms with E-state index in [-0.39, 0.29) is 12.3 Å². The smallest absolute Gasteiger partial charge is 0.413 e. The minimum atomic E-state index is -0.782. The van der Waals surface area contributed by atoms with Crippen LogP contribution in [0.25, 0.3) is 11.3 Å². The van der Waals surface area contributed by atoms with Crippen LogP contribution in [0.2, 0.25) is 10.0 Å². The number of amides is 3. The number of hydrogen-bond acceptors (Lipinski definition) is 11. The number of allylic oxidation sites excluding steroid dienone is 1. The molecule has 2 aromatic rings. The zero-order valence-electron chi connectivity index (χ0n) is 28.3. The maximum absolute atomic E-state index is 12.0. The molecule has 2 heterocycles. The summed E-state index contributed by atoms with van der Waals surface area (Å²) in [6.07, 6.45) is 4.37. The molecule has 0 atom stereocenters. The molecule has 1 aliphatic rings. The zero-order valence-corrected chi connectivity index (χ0v) is 29.9. The molecule has 0 aliphatic carbocycles. The van der Waals surface area contributed by atoms with Crippen LogP contribution in [0.3, 0.4) is 0 Å². The molecule has 15 heteroatoms. The molecule has 1 aromatic heterocycles. The molecular formula is C34H46Cl2N8O5. The van der Waals surface area contributed by atoms with Crippen molar-refractivity contribution in [3.63, 3.8) is 0 Å². The molecule has 13 nitrogen and oxygen atoms in total. The van der Waals surface area contributed by atoms with Crippen LogP contribution in [0.4, 0.5) is 4.79 Å². The molecule has 266 valence electrons. The molecule has 0 bridgehead atoms. The molecule has 0 spiro atoms. The Bertz CT molecular complexity index is 1460. The molecule has 1 saturated heterocycles. The molecule has 49 heavy (non-hydrogen) atoms. The first-order valence-corrected chi connectivity index (χ1v) is 16.9. The molecule has 3 N–H and O–H groups in total. The normalized spacial score (nSPS) is 14.2. The monoisotopic (exact) mass is 716 g/mol. The Morgan fingerprint density at radius 1 is 1.10 bits per heavy atom. The number of carbonyl (C=O) groups excluding carboxylic acids is 3. The van der Waals surface area contributed by atoms with Crippen LogP contribution in [0, 0.1) is 5.92 Å². The van der Waals surface area contributed by atoms with Gasteiger partial charge in [-0.3, -0.25) is 34.7 Å². The van der Waals surface area contributed by atoms with E-state index in [1.807, 2.05) is 19.2 Å². The SMILES string of the molecule is C=N/C=C(\C=NCCN(CCNC)CCC(=O)NC(=O)OC)Oc1cc(CN2CCC(CNC(C)=O)CC2)cc(-c2cc(Cl)cc(Cl)c2)n1. The van der Waals surface area contributed by atoms with E-state index in [9.17, 15) is 14.4 Å². The maximum Gasteiger partial charge on any atom is 0.413 e. The summed E-state index contributed by atoms with van der Waals surface area (Å²) >= 11 is 12.7. The standard InChI is InChI=1S/C34H46Cl2N8O5/c1-24(45)40-20-25-5-10-44(11-6-25)23-26-15-31(27-17-28(35)19-29(36)18-27)41-33(16-26)49-30(21-38-3)22-39-9-14-43(13-8-37-2)12-7-32(46)42-34(47)48-4/h15-19,21-22,25,37H,3,5-14,20,23H2,1-2,4H3,(H,40,45)(H,42,46,47)/b30-21+,39-22?. The largest absolute Gasteiger partial charge is 0.453 e. The lowest BCUT2D eigenvalue weighted by Gasteiger charge is -2.32. The molecule has 3 rings (SSSR count). The summed E-state index contributed by atoms with van der Waals surface area (Å²) in [5, 5.41) is 9.20. The second-order valence-electron chi connectivity index (χ2n) is 11.6. The van der Waals surface area contributed by atoms with Crippen molar-refractivity contribution in [3.8, 4) is 17.1 Å². The lowest BCUT2D eigenvalue weighted by atomic mass is 9.96. The van der Waals surface area contributed by atoms with Gasteiger partial charge in [-0.1, -0.05) is 23.2 Å². The fourth-order valence-corrected chi connectivity index (χ4v) is 5.72. The highest BCUT2D eigenvalue weighted by Gasteiger charge is 2.20. The van der Waals surface area contributed by atoms with Crippen LogP contribution in [0.5, 0.6) is 5.88 Å². The van der Waals surface area contributed by atoms with E-state index in [2.05, 4.69) is 47.2 Å². The summed E-state index contributed by atoms with van der Waals surface area (Å²) < 4.78 is 10.7. The van der Waals surface area contributed by atoms with Crippen molar-refractivity contribution in [2.24, 2.45) is 15.9 Å². The number of methoxy groups -OCH3 is 1. The molecule has 1 aromatic carbocycles. The van der Waals surface area contributed by atoms with Crippen LogP contribution in [0.15, 0.2) is 52.3 Å². The topological polar surface area (TPSA) is 150 Å². The second kappa shape index (κ2) is 21.3. The van der Waals surface area contributed by atoms with Crippen molar-refractivity contribution in [1.29, 1.82) is 0 Å². The highest BCUT2D eigenvalue weighted by molar-refractivity contribution is 6.35. The number of likely N-dealkylation sites (N-methyl/N-ethyl adjacent to an activating group) is 1. The fourth-order valence-electron chi connectivity index (χ4n) is 5.19. The third-order valence-electron chi connectivity index (χ3n) is 7.74. The Morgan fingerprint density at radius 2 is 1.84 bits per heavy atom. The maximum atomic E-state index is 12.0. The number of ether oxygens (including phenoxy) is 2. The number of rotatable bonds is 18. The predicted octanol–water partition coefficient (Wildman–Crippen LogP) is 4.19. The molecular weight excluding hydrogens is 671 g/mol. The summed E-state index contributed by atoms with van der Waals surface area (Å²) in [6.45, 7) is 11.1. The Balaban J connectivity index is 1.72. The van der Waals surface area contributed by atoms with Crippen molar-refractivity contribution in [3.05, 3.63) is 57.9 Å². The summed E-state index contributed by atoms with van der Waals surface area (Å²) in [6, 6.07) is 9.18. The Hall–Kier alpha value is -3.88. The van der Waals surface area contributed by atoms with Gasteiger partial charge in [0, 0.05) is 74.3 Å². The lowest BCUT2D eigenvalue weighted by molar-refractivity contribution is -0.121. The number of aromatic nitrogens is 1. The van der Waals surface area contributed by atoms with E-state index in [0.29, 0.717) is 79.1 Å². The first-order chi connectivity index (χ1) is 23.6. The van der Waals surface area contributed by atoms with Crippen molar-refractivity contribution < 1.29 is 23.9 Å². The quantitative estimate of drug-likeness (QED) is 0.153. The van der Waals surface area contributed by atoms with E-state index in [1.54, 1.807) is 31.3 Å². The molecule has 0 radical (unpaired) electrons. The van der Waals surface area contributed by atoms with Gasteiger partial charge in [0.25, 0.3) is 0 Å². The van der Waals surface area contributed by atoms with Crippen LogP contribution in [-0.4, -0.2) is 112 Å².